The van der Waals surface area contributed by atoms with E-state index in [2.05, 4.69) is 23.8 Å². The number of hydrogen-bond acceptors (Lipinski definition) is 2. The van der Waals surface area contributed by atoms with Crippen molar-refractivity contribution in [3.63, 3.8) is 0 Å². The van der Waals surface area contributed by atoms with Crippen molar-refractivity contribution in [3.05, 3.63) is 28.1 Å². The lowest BCUT2D eigenvalue weighted by Crippen LogP contribution is -2.15. The first-order valence-electron chi connectivity index (χ1n) is 6.13. The fraction of sp³-hybridized carbons (Fsp3) is 0.429. The maximum Gasteiger partial charge on any atom is 0.249 e. The summed E-state index contributed by atoms with van der Waals surface area (Å²) in [6.45, 7) is 10.00. The van der Waals surface area contributed by atoms with Gasteiger partial charge in [-0.15, -0.1) is 0 Å². The molecule has 1 aromatic carbocycles. The molecule has 0 aliphatic carbocycles. The van der Waals surface area contributed by atoms with Gasteiger partial charge in [-0.05, 0) is 37.5 Å². The highest BCUT2D eigenvalue weighted by Crippen LogP contribution is 2.29. The molecule has 0 saturated heterocycles. The number of amides is 1. The zero-order valence-corrected chi connectivity index (χ0v) is 11.5. The highest BCUT2D eigenvalue weighted by Gasteiger charge is 2.19. The Labute approximate surface area is 107 Å². The molecule has 2 aromatic rings. The van der Waals surface area contributed by atoms with Crippen LogP contribution in [0.5, 0.6) is 0 Å². The summed E-state index contributed by atoms with van der Waals surface area (Å²) >= 11 is 0. The van der Waals surface area contributed by atoms with Gasteiger partial charge in [0.2, 0.25) is 5.91 Å². The molecule has 0 aliphatic rings. The van der Waals surface area contributed by atoms with Crippen molar-refractivity contribution >= 4 is 16.9 Å². The van der Waals surface area contributed by atoms with Crippen LogP contribution < -0.4 is 5.73 Å². The van der Waals surface area contributed by atoms with Gasteiger partial charge >= 0.3 is 0 Å². The fourth-order valence-corrected chi connectivity index (χ4v) is 2.35. The lowest BCUT2D eigenvalue weighted by Gasteiger charge is -2.10. The predicted molar refractivity (Wildman–Crippen MR) is 72.9 cm³/mol. The second kappa shape index (κ2) is 4.12. The van der Waals surface area contributed by atoms with E-state index in [9.17, 15) is 4.79 Å². The van der Waals surface area contributed by atoms with Gasteiger partial charge in [-0.2, -0.15) is 0 Å². The number of aryl methyl sites for hydroxylation is 2. The Morgan fingerprint density at radius 1 is 1.17 bits per heavy atom. The fourth-order valence-electron chi connectivity index (χ4n) is 2.35. The van der Waals surface area contributed by atoms with E-state index in [1.54, 1.807) is 0 Å². The zero-order valence-electron chi connectivity index (χ0n) is 11.5. The van der Waals surface area contributed by atoms with Gasteiger partial charge in [0.1, 0.15) is 5.82 Å². The number of primary amides is 1. The average molecular weight is 245 g/mol. The van der Waals surface area contributed by atoms with Crippen molar-refractivity contribution in [2.75, 3.05) is 0 Å². The van der Waals surface area contributed by atoms with Gasteiger partial charge in [0.25, 0.3) is 0 Å². The molecule has 3 N–H and O–H groups in total. The number of benzene rings is 1. The Balaban J connectivity index is 2.89. The maximum atomic E-state index is 11.6. The van der Waals surface area contributed by atoms with E-state index in [-0.39, 0.29) is 5.91 Å². The first kappa shape index (κ1) is 12.6. The number of nitrogens with zero attached hydrogens (tertiary/aromatic N) is 1. The molecule has 0 spiro atoms. The van der Waals surface area contributed by atoms with Crippen LogP contribution in [0.25, 0.3) is 11.0 Å². The molecule has 0 aliphatic heterocycles. The summed E-state index contributed by atoms with van der Waals surface area (Å²) in [5.74, 6) is 0.884. The van der Waals surface area contributed by atoms with Gasteiger partial charge in [-0.1, -0.05) is 13.8 Å². The Hall–Kier alpha value is -1.84. The number of aromatic nitrogens is 2. The van der Waals surface area contributed by atoms with Gasteiger partial charge in [0, 0.05) is 11.5 Å². The van der Waals surface area contributed by atoms with Crippen molar-refractivity contribution in [2.24, 2.45) is 5.73 Å². The van der Waals surface area contributed by atoms with Crippen molar-refractivity contribution in [3.8, 4) is 0 Å². The molecule has 1 heterocycles. The third-order valence-corrected chi connectivity index (χ3v) is 3.56. The molecule has 0 atom stereocenters. The Morgan fingerprint density at radius 2 is 1.78 bits per heavy atom. The van der Waals surface area contributed by atoms with Crippen molar-refractivity contribution in [2.45, 2.75) is 40.5 Å². The largest absolute Gasteiger partial charge is 0.366 e. The van der Waals surface area contributed by atoms with Crippen LogP contribution in [0.15, 0.2) is 0 Å². The van der Waals surface area contributed by atoms with Crippen LogP contribution in [-0.4, -0.2) is 15.9 Å². The summed E-state index contributed by atoms with van der Waals surface area (Å²) in [5, 5.41) is 0. The van der Waals surface area contributed by atoms with E-state index < -0.39 is 0 Å². The molecule has 0 unspecified atom stereocenters. The highest BCUT2D eigenvalue weighted by molar-refractivity contribution is 6.01. The number of H-pyrrole nitrogens is 1. The number of hydrogen-bond donors (Lipinski definition) is 2. The minimum atomic E-state index is -0.385. The zero-order chi connectivity index (χ0) is 13.6. The standard InChI is InChI=1S/C14H19N3O/c1-6(2)14-16-11-8(4)7(3)10(13(15)18)9(5)12(11)17-14/h6H,1-5H3,(H2,15,18)(H,16,17). The van der Waals surface area contributed by atoms with Crippen LogP contribution >= 0.6 is 0 Å². The maximum absolute atomic E-state index is 11.6. The molecule has 2 rings (SSSR count). The third-order valence-electron chi connectivity index (χ3n) is 3.56. The van der Waals surface area contributed by atoms with E-state index in [1.165, 1.54) is 0 Å². The van der Waals surface area contributed by atoms with Gasteiger partial charge in [0.05, 0.1) is 11.0 Å². The summed E-state index contributed by atoms with van der Waals surface area (Å²) in [6.07, 6.45) is 0. The highest BCUT2D eigenvalue weighted by atomic mass is 16.1. The van der Waals surface area contributed by atoms with E-state index in [0.29, 0.717) is 11.5 Å². The summed E-state index contributed by atoms with van der Waals surface area (Å²) in [7, 11) is 0. The Kier molecular flexibility index (Phi) is 2.89. The van der Waals surface area contributed by atoms with Gasteiger partial charge in [-0.25, -0.2) is 4.98 Å². The van der Waals surface area contributed by atoms with E-state index >= 15 is 0 Å². The first-order chi connectivity index (χ1) is 8.34. The molecule has 1 amide bonds. The molecule has 4 heteroatoms. The molecule has 0 radical (unpaired) electrons. The normalized spacial score (nSPS) is 11.4. The number of fused-ring (bicyclic) bond motifs is 1. The SMILES string of the molecule is Cc1c(C(N)=O)c(C)c2nc(C(C)C)[nH]c2c1C. The summed E-state index contributed by atoms with van der Waals surface area (Å²) < 4.78 is 0. The monoisotopic (exact) mass is 245 g/mol. The quantitative estimate of drug-likeness (QED) is 0.853. The molecular formula is C14H19N3O. The number of imidazole rings is 1. The first-order valence-corrected chi connectivity index (χ1v) is 6.13. The summed E-state index contributed by atoms with van der Waals surface area (Å²) in [4.78, 5) is 19.5. The van der Waals surface area contributed by atoms with Crippen molar-refractivity contribution in [1.82, 2.24) is 9.97 Å². The molecule has 1 aromatic heterocycles. The second-order valence-corrected chi connectivity index (χ2v) is 5.11. The second-order valence-electron chi connectivity index (χ2n) is 5.11. The number of nitrogens with two attached hydrogens (primary N) is 1. The predicted octanol–water partition coefficient (Wildman–Crippen LogP) is 2.71. The van der Waals surface area contributed by atoms with Crippen LogP contribution in [0.3, 0.4) is 0 Å². The number of rotatable bonds is 2. The smallest absolute Gasteiger partial charge is 0.249 e. The van der Waals surface area contributed by atoms with Crippen molar-refractivity contribution in [1.29, 1.82) is 0 Å². The Morgan fingerprint density at radius 3 is 2.28 bits per heavy atom. The topological polar surface area (TPSA) is 71.8 Å². The van der Waals surface area contributed by atoms with E-state index in [0.717, 1.165) is 33.5 Å². The van der Waals surface area contributed by atoms with Gasteiger partial charge < -0.3 is 10.7 Å². The lowest BCUT2D eigenvalue weighted by atomic mass is 9.96. The van der Waals surface area contributed by atoms with Gasteiger partial charge in [-0.3, -0.25) is 4.79 Å². The minimum absolute atomic E-state index is 0.327. The molecule has 0 fully saturated rings. The molecule has 4 nitrogen and oxygen atoms in total. The minimum Gasteiger partial charge on any atom is -0.366 e. The summed E-state index contributed by atoms with van der Waals surface area (Å²) in [5.41, 5.74) is 10.8. The Bertz CT molecular complexity index is 638. The van der Waals surface area contributed by atoms with Crippen LogP contribution in [0.1, 0.15) is 52.6 Å². The molecule has 18 heavy (non-hydrogen) atoms. The van der Waals surface area contributed by atoms with Crippen molar-refractivity contribution < 1.29 is 4.79 Å². The van der Waals surface area contributed by atoms with Crippen LogP contribution in [0.2, 0.25) is 0 Å². The van der Waals surface area contributed by atoms with Gasteiger partial charge in [0.15, 0.2) is 0 Å². The third kappa shape index (κ3) is 1.68. The molecule has 96 valence electrons. The van der Waals surface area contributed by atoms with E-state index in [1.807, 2.05) is 20.8 Å². The number of carbonyl (C=O) groups excluding carboxylic acids is 1. The molecule has 0 saturated carbocycles. The average Bonchev–Trinajstić information content (AvgIpc) is 2.71. The van der Waals surface area contributed by atoms with Crippen LogP contribution in [0.4, 0.5) is 0 Å². The molecular weight excluding hydrogens is 226 g/mol. The lowest BCUT2D eigenvalue weighted by molar-refractivity contribution is 0.0999. The number of nitrogens with one attached hydrogen (secondary N) is 1. The summed E-state index contributed by atoms with van der Waals surface area (Å²) in [6, 6.07) is 0. The van der Waals surface area contributed by atoms with Crippen LogP contribution in [-0.2, 0) is 0 Å². The number of aromatic amines is 1. The van der Waals surface area contributed by atoms with Crippen LogP contribution in [0, 0.1) is 20.8 Å². The van der Waals surface area contributed by atoms with E-state index in [4.69, 9.17) is 5.73 Å². The molecule has 0 bridgehead atoms. The number of carbonyl (C=O) groups is 1.